The van der Waals surface area contributed by atoms with Crippen molar-refractivity contribution in [3.05, 3.63) is 46.1 Å². The van der Waals surface area contributed by atoms with Gasteiger partial charge in [0.1, 0.15) is 5.92 Å². The van der Waals surface area contributed by atoms with Crippen molar-refractivity contribution in [3.63, 3.8) is 0 Å². The Morgan fingerprint density at radius 2 is 2.07 bits per heavy atom. The minimum atomic E-state index is -0.890. The molecule has 2 unspecified atom stereocenters. The van der Waals surface area contributed by atoms with Crippen LogP contribution in [0.4, 0.5) is 0 Å². The average Bonchev–Trinajstić information content (AvgIpc) is 3.26. The van der Waals surface area contributed by atoms with Crippen LogP contribution < -0.4 is 5.32 Å². The first kappa shape index (κ1) is 19.6. The Labute approximate surface area is 163 Å². The fourth-order valence-corrected chi connectivity index (χ4v) is 4.58. The smallest absolute Gasteiger partial charge is 0.238 e. The number of methoxy groups -OCH3 is 2. The zero-order valence-corrected chi connectivity index (χ0v) is 16.8. The van der Waals surface area contributed by atoms with Gasteiger partial charge in [0, 0.05) is 6.54 Å². The highest BCUT2D eigenvalue weighted by molar-refractivity contribution is 7.07. The summed E-state index contributed by atoms with van der Waals surface area (Å²) < 4.78 is 10.8. The van der Waals surface area contributed by atoms with Gasteiger partial charge >= 0.3 is 0 Å². The number of carbonyl (C=O) groups excluding carboxylic acids is 2. The molecule has 27 heavy (non-hydrogen) atoms. The van der Waals surface area contributed by atoms with Crippen LogP contribution in [0.15, 0.2) is 40.5 Å². The van der Waals surface area contributed by atoms with E-state index in [-0.39, 0.29) is 11.8 Å². The van der Waals surface area contributed by atoms with Crippen molar-refractivity contribution in [1.29, 1.82) is 0 Å². The zero-order valence-electron chi connectivity index (χ0n) is 16.0. The second-order valence-corrected chi connectivity index (χ2v) is 7.83. The van der Waals surface area contributed by atoms with Crippen molar-refractivity contribution in [2.75, 3.05) is 34.4 Å². The number of nitrogens with zero attached hydrogens (tertiary/aromatic N) is 1. The molecule has 2 aliphatic rings. The van der Waals surface area contributed by atoms with Gasteiger partial charge in [0.25, 0.3) is 0 Å². The van der Waals surface area contributed by atoms with Crippen LogP contribution in [-0.4, -0.2) is 51.1 Å². The summed E-state index contributed by atoms with van der Waals surface area (Å²) in [7, 11) is 5.12. The minimum absolute atomic E-state index is 0.251. The number of imide groups is 1. The Kier molecular flexibility index (Phi) is 6.01. The molecule has 6 nitrogen and oxygen atoms in total. The molecule has 1 fully saturated rings. The van der Waals surface area contributed by atoms with Crippen molar-refractivity contribution in [2.24, 2.45) is 11.3 Å². The van der Waals surface area contributed by atoms with E-state index in [1.165, 1.54) is 19.8 Å². The predicted molar refractivity (Wildman–Crippen MR) is 104 cm³/mol. The fourth-order valence-electron chi connectivity index (χ4n) is 3.88. The molecule has 0 spiro atoms. The maximum atomic E-state index is 12.6. The summed E-state index contributed by atoms with van der Waals surface area (Å²) in [6, 6.07) is 2.15. The topological polar surface area (TPSA) is 67.9 Å². The molecule has 1 N–H and O–H groups in total. The van der Waals surface area contributed by atoms with Gasteiger partial charge in [-0.2, -0.15) is 11.3 Å². The maximum absolute atomic E-state index is 12.6. The summed E-state index contributed by atoms with van der Waals surface area (Å²) in [5.74, 6) is -0.308. The molecule has 0 radical (unpaired) electrons. The highest BCUT2D eigenvalue weighted by Crippen LogP contribution is 2.47. The van der Waals surface area contributed by atoms with Gasteiger partial charge in [-0.3, -0.25) is 14.9 Å². The second-order valence-electron chi connectivity index (χ2n) is 7.05. The second kappa shape index (κ2) is 8.27. The molecule has 1 aromatic rings. The standard InChI is InChI=1S/C20H26N2O4S/c1-22(11-6-14-7-12-27-13-14)10-4-8-20-9-5-15(25-2)17(26-3)16(20)18(23)21-19(20)24/h5,7,9,12-13,16H,4,6,8,10-11H2,1-3H3,(H,21,23,24). The molecule has 1 saturated heterocycles. The molecule has 2 amide bonds. The average molecular weight is 391 g/mol. The molecule has 1 aromatic heterocycles. The number of carbonyl (C=O) groups is 2. The number of ether oxygens (including phenoxy) is 2. The van der Waals surface area contributed by atoms with Crippen LogP contribution in [-0.2, 0) is 25.5 Å². The van der Waals surface area contributed by atoms with Crippen LogP contribution in [0.25, 0.3) is 0 Å². The molecule has 7 heteroatoms. The predicted octanol–water partition coefficient (Wildman–Crippen LogP) is 2.34. The van der Waals surface area contributed by atoms with Crippen molar-refractivity contribution in [1.82, 2.24) is 10.2 Å². The summed E-state index contributed by atoms with van der Waals surface area (Å²) in [5.41, 5.74) is 0.460. The van der Waals surface area contributed by atoms with Gasteiger partial charge in [0.15, 0.2) is 11.5 Å². The first-order valence-electron chi connectivity index (χ1n) is 9.08. The van der Waals surface area contributed by atoms with E-state index in [1.807, 2.05) is 6.08 Å². The van der Waals surface area contributed by atoms with Crippen LogP contribution in [0.1, 0.15) is 18.4 Å². The largest absolute Gasteiger partial charge is 0.496 e. The van der Waals surface area contributed by atoms with E-state index < -0.39 is 11.3 Å². The summed E-state index contributed by atoms with van der Waals surface area (Å²) in [6.07, 6.45) is 5.96. The van der Waals surface area contributed by atoms with Crippen LogP contribution in [0.5, 0.6) is 0 Å². The summed E-state index contributed by atoms with van der Waals surface area (Å²) in [5, 5.41) is 6.74. The van der Waals surface area contributed by atoms with Gasteiger partial charge in [-0.1, -0.05) is 6.08 Å². The van der Waals surface area contributed by atoms with E-state index in [0.29, 0.717) is 17.9 Å². The lowest BCUT2D eigenvalue weighted by Gasteiger charge is -2.33. The minimum Gasteiger partial charge on any atom is -0.496 e. The van der Waals surface area contributed by atoms with E-state index in [9.17, 15) is 9.59 Å². The highest BCUT2D eigenvalue weighted by atomic mass is 32.1. The van der Waals surface area contributed by atoms with E-state index in [2.05, 4.69) is 34.1 Å². The molecule has 1 aliphatic heterocycles. The lowest BCUT2D eigenvalue weighted by Crippen LogP contribution is -2.37. The molecule has 146 valence electrons. The third-order valence-electron chi connectivity index (χ3n) is 5.41. The van der Waals surface area contributed by atoms with Gasteiger partial charge in [-0.15, -0.1) is 0 Å². The third kappa shape index (κ3) is 3.80. The lowest BCUT2D eigenvalue weighted by molar-refractivity contribution is -0.127. The van der Waals surface area contributed by atoms with E-state index in [1.54, 1.807) is 17.4 Å². The molecular weight excluding hydrogens is 364 g/mol. The van der Waals surface area contributed by atoms with Gasteiger partial charge < -0.3 is 14.4 Å². The van der Waals surface area contributed by atoms with Crippen molar-refractivity contribution in [2.45, 2.75) is 19.3 Å². The number of amides is 2. The Morgan fingerprint density at radius 1 is 1.26 bits per heavy atom. The number of hydrogen-bond donors (Lipinski definition) is 1. The molecule has 0 saturated carbocycles. The third-order valence-corrected chi connectivity index (χ3v) is 6.14. The van der Waals surface area contributed by atoms with Crippen molar-refractivity contribution in [3.8, 4) is 0 Å². The Bertz CT molecular complexity index is 756. The molecule has 3 rings (SSSR count). The summed E-state index contributed by atoms with van der Waals surface area (Å²) in [6.45, 7) is 1.82. The molecule has 2 heterocycles. The number of thiophene rings is 1. The maximum Gasteiger partial charge on any atom is 0.238 e. The van der Waals surface area contributed by atoms with Gasteiger partial charge in [-0.25, -0.2) is 0 Å². The lowest BCUT2D eigenvalue weighted by atomic mass is 9.70. The molecule has 0 bridgehead atoms. The Balaban J connectivity index is 1.64. The van der Waals surface area contributed by atoms with Crippen LogP contribution in [0, 0.1) is 11.3 Å². The normalized spacial score (nSPS) is 24.4. The van der Waals surface area contributed by atoms with Gasteiger partial charge in [0.2, 0.25) is 11.8 Å². The first-order valence-corrected chi connectivity index (χ1v) is 10.0. The van der Waals surface area contributed by atoms with E-state index >= 15 is 0 Å². The Hall–Kier alpha value is -2.12. The molecule has 2 atom stereocenters. The molecule has 1 aliphatic carbocycles. The molecule has 0 aromatic carbocycles. The number of rotatable bonds is 9. The zero-order chi connectivity index (χ0) is 19.4. The highest BCUT2D eigenvalue weighted by Gasteiger charge is 2.57. The van der Waals surface area contributed by atoms with Crippen LogP contribution in [0.3, 0.4) is 0 Å². The monoisotopic (exact) mass is 390 g/mol. The number of nitrogens with one attached hydrogen (secondary N) is 1. The van der Waals surface area contributed by atoms with Crippen LogP contribution in [0.2, 0.25) is 0 Å². The quantitative estimate of drug-likeness (QED) is 0.656. The first-order chi connectivity index (χ1) is 13.0. The number of likely N-dealkylation sites (N-methyl/N-ethyl adjacent to an activating group) is 1. The van der Waals surface area contributed by atoms with E-state index in [0.717, 1.165) is 25.9 Å². The van der Waals surface area contributed by atoms with Crippen molar-refractivity contribution >= 4 is 23.2 Å². The molecular formula is C20H26N2O4S. The van der Waals surface area contributed by atoms with Gasteiger partial charge in [0.05, 0.1) is 19.6 Å². The van der Waals surface area contributed by atoms with Gasteiger partial charge in [-0.05, 0) is 61.3 Å². The SMILES string of the molecule is COC1=C(OC)C2C(=O)NC(=O)C2(CCCN(C)CCc2ccsc2)C=C1. The Morgan fingerprint density at radius 3 is 2.74 bits per heavy atom. The number of hydrogen-bond acceptors (Lipinski definition) is 6. The summed E-state index contributed by atoms with van der Waals surface area (Å²) in [4.78, 5) is 27.3. The number of fused-ring (bicyclic) bond motifs is 1. The van der Waals surface area contributed by atoms with Crippen LogP contribution >= 0.6 is 11.3 Å². The fraction of sp³-hybridized carbons (Fsp3) is 0.500. The summed E-state index contributed by atoms with van der Waals surface area (Å²) >= 11 is 1.71. The number of allylic oxidation sites excluding steroid dienone is 1. The van der Waals surface area contributed by atoms with E-state index in [4.69, 9.17) is 9.47 Å². The van der Waals surface area contributed by atoms with Crippen molar-refractivity contribution < 1.29 is 19.1 Å².